The van der Waals surface area contributed by atoms with E-state index in [9.17, 15) is 0 Å². The van der Waals surface area contributed by atoms with Gasteiger partial charge in [0.2, 0.25) is 0 Å². The predicted molar refractivity (Wildman–Crippen MR) is 53.9 cm³/mol. The molecule has 2 heterocycles. The third-order valence-corrected chi connectivity index (χ3v) is 3.31. The van der Waals surface area contributed by atoms with Crippen LogP contribution in [0.1, 0.15) is 39.0 Å². The van der Waals surface area contributed by atoms with Gasteiger partial charge in [-0.25, -0.2) is 0 Å². The normalized spacial score (nSPS) is 35.8. The van der Waals surface area contributed by atoms with Crippen molar-refractivity contribution in [3.63, 3.8) is 0 Å². The monoisotopic (exact) mass is 183 g/mol. The molecule has 76 valence electrons. The van der Waals surface area contributed by atoms with Crippen LogP contribution in [0.4, 0.5) is 0 Å². The Morgan fingerprint density at radius 2 is 2.15 bits per heavy atom. The maximum absolute atomic E-state index is 5.30. The van der Waals surface area contributed by atoms with E-state index in [-0.39, 0.29) is 0 Å². The Morgan fingerprint density at radius 1 is 1.31 bits per heavy atom. The van der Waals surface area contributed by atoms with Crippen molar-refractivity contribution in [1.82, 2.24) is 4.90 Å². The van der Waals surface area contributed by atoms with Crippen LogP contribution < -0.4 is 0 Å². The molecule has 1 unspecified atom stereocenters. The van der Waals surface area contributed by atoms with Gasteiger partial charge in [0.25, 0.3) is 0 Å². The fourth-order valence-electron chi connectivity index (χ4n) is 2.37. The van der Waals surface area contributed by atoms with Crippen LogP contribution in [-0.4, -0.2) is 36.7 Å². The molecular weight excluding hydrogens is 162 g/mol. The highest BCUT2D eigenvalue weighted by atomic mass is 16.6. The summed E-state index contributed by atoms with van der Waals surface area (Å²) in [6.07, 6.45) is 7.55. The smallest absolute Gasteiger partial charge is 0.0936 e. The van der Waals surface area contributed by atoms with Crippen molar-refractivity contribution in [1.29, 1.82) is 0 Å². The van der Waals surface area contributed by atoms with Gasteiger partial charge in [-0.1, -0.05) is 19.8 Å². The summed E-state index contributed by atoms with van der Waals surface area (Å²) in [4.78, 5) is 2.66. The number of rotatable bonds is 3. The first kappa shape index (κ1) is 9.47. The summed E-state index contributed by atoms with van der Waals surface area (Å²) in [7, 11) is 0. The van der Waals surface area contributed by atoms with Crippen molar-refractivity contribution in [2.75, 3.05) is 19.7 Å². The van der Waals surface area contributed by atoms with Crippen LogP contribution in [0.2, 0.25) is 0 Å². The van der Waals surface area contributed by atoms with Crippen LogP contribution in [-0.2, 0) is 4.74 Å². The first-order valence-electron chi connectivity index (χ1n) is 5.76. The zero-order valence-corrected chi connectivity index (χ0v) is 8.67. The molecule has 0 spiro atoms. The molecule has 0 aromatic rings. The second kappa shape index (κ2) is 4.43. The Balaban J connectivity index is 1.85. The van der Waals surface area contributed by atoms with Gasteiger partial charge in [0, 0.05) is 12.6 Å². The molecule has 0 radical (unpaired) electrons. The molecule has 0 bridgehead atoms. The lowest BCUT2D eigenvalue weighted by Gasteiger charge is -2.28. The number of likely N-dealkylation sites (tertiary alicyclic amines) is 1. The lowest BCUT2D eigenvalue weighted by atomic mass is 10.1. The van der Waals surface area contributed by atoms with E-state index in [1.807, 2.05) is 0 Å². The molecule has 0 aliphatic carbocycles. The van der Waals surface area contributed by atoms with Gasteiger partial charge in [0.05, 0.1) is 12.7 Å². The van der Waals surface area contributed by atoms with Crippen molar-refractivity contribution in [3.8, 4) is 0 Å². The summed E-state index contributed by atoms with van der Waals surface area (Å²) in [5, 5.41) is 0. The molecule has 0 aromatic heterocycles. The maximum Gasteiger partial charge on any atom is 0.0936 e. The van der Waals surface area contributed by atoms with Crippen LogP contribution in [0.15, 0.2) is 0 Å². The predicted octanol–water partition coefficient (Wildman–Crippen LogP) is 2.04. The number of ether oxygens (including phenoxy) is 1. The second-order valence-corrected chi connectivity index (χ2v) is 4.36. The van der Waals surface area contributed by atoms with E-state index in [0.29, 0.717) is 6.10 Å². The number of epoxide rings is 1. The van der Waals surface area contributed by atoms with Gasteiger partial charge in [-0.05, 0) is 25.8 Å². The molecule has 2 aliphatic heterocycles. The molecule has 0 amide bonds. The molecule has 0 N–H and O–H groups in total. The summed E-state index contributed by atoms with van der Waals surface area (Å²) in [6.45, 7) is 5.82. The minimum Gasteiger partial charge on any atom is -0.372 e. The first-order chi connectivity index (χ1) is 6.40. The lowest BCUT2D eigenvalue weighted by Crippen LogP contribution is -2.37. The van der Waals surface area contributed by atoms with E-state index in [1.54, 1.807) is 0 Å². The Labute approximate surface area is 81.3 Å². The third kappa shape index (κ3) is 2.68. The number of nitrogens with zero attached hydrogens (tertiary/aromatic N) is 1. The van der Waals surface area contributed by atoms with E-state index in [0.717, 1.165) is 12.6 Å². The molecule has 2 aliphatic rings. The van der Waals surface area contributed by atoms with E-state index < -0.39 is 0 Å². The highest BCUT2D eigenvalue weighted by Crippen LogP contribution is 2.21. The standard InChI is InChI=1S/C11H21NO/c1-2-10-6-4-3-5-7-12(10)8-11-9-13-11/h10-11H,2-9H2,1H3/t10?,11-/m0/s1. The summed E-state index contributed by atoms with van der Waals surface area (Å²) >= 11 is 0. The SMILES string of the molecule is CCC1CCCCCN1C[C@H]1CO1. The summed E-state index contributed by atoms with van der Waals surface area (Å²) in [5.41, 5.74) is 0. The van der Waals surface area contributed by atoms with Gasteiger partial charge in [-0.2, -0.15) is 0 Å². The average Bonchev–Trinajstić information content (AvgIpc) is 2.93. The Bertz CT molecular complexity index is 156. The minimum absolute atomic E-state index is 0.576. The van der Waals surface area contributed by atoms with Crippen LogP contribution >= 0.6 is 0 Å². The maximum atomic E-state index is 5.30. The minimum atomic E-state index is 0.576. The molecule has 0 saturated carbocycles. The zero-order valence-electron chi connectivity index (χ0n) is 8.67. The van der Waals surface area contributed by atoms with Gasteiger partial charge in [-0.15, -0.1) is 0 Å². The zero-order chi connectivity index (χ0) is 9.10. The van der Waals surface area contributed by atoms with Gasteiger partial charge < -0.3 is 4.74 Å². The van der Waals surface area contributed by atoms with Crippen molar-refractivity contribution >= 4 is 0 Å². The molecule has 2 rings (SSSR count). The Morgan fingerprint density at radius 3 is 2.85 bits per heavy atom. The number of hydrogen-bond acceptors (Lipinski definition) is 2. The van der Waals surface area contributed by atoms with Crippen LogP contribution in [0.3, 0.4) is 0 Å². The molecule has 0 aromatic carbocycles. The highest BCUT2D eigenvalue weighted by molar-refractivity contribution is 4.80. The van der Waals surface area contributed by atoms with Crippen LogP contribution in [0, 0.1) is 0 Å². The molecule has 2 fully saturated rings. The van der Waals surface area contributed by atoms with E-state index >= 15 is 0 Å². The van der Waals surface area contributed by atoms with E-state index in [2.05, 4.69) is 11.8 Å². The van der Waals surface area contributed by atoms with Crippen LogP contribution in [0.25, 0.3) is 0 Å². The van der Waals surface area contributed by atoms with Crippen LogP contribution in [0.5, 0.6) is 0 Å². The summed E-state index contributed by atoms with van der Waals surface area (Å²) in [6, 6.07) is 0.840. The molecule has 2 atom stereocenters. The van der Waals surface area contributed by atoms with Crippen molar-refractivity contribution in [2.24, 2.45) is 0 Å². The quantitative estimate of drug-likeness (QED) is 0.622. The van der Waals surface area contributed by atoms with E-state index in [4.69, 9.17) is 4.74 Å². The lowest BCUT2D eigenvalue weighted by molar-refractivity contribution is 0.177. The van der Waals surface area contributed by atoms with Gasteiger partial charge >= 0.3 is 0 Å². The molecule has 13 heavy (non-hydrogen) atoms. The topological polar surface area (TPSA) is 15.8 Å². The fourth-order valence-corrected chi connectivity index (χ4v) is 2.37. The van der Waals surface area contributed by atoms with Gasteiger partial charge in [0.15, 0.2) is 0 Å². The fraction of sp³-hybridized carbons (Fsp3) is 1.00. The highest BCUT2D eigenvalue weighted by Gasteiger charge is 2.28. The van der Waals surface area contributed by atoms with Crippen molar-refractivity contribution in [3.05, 3.63) is 0 Å². The Kier molecular flexibility index (Phi) is 3.23. The Hall–Kier alpha value is -0.0800. The van der Waals surface area contributed by atoms with E-state index in [1.165, 1.54) is 45.2 Å². The number of hydrogen-bond donors (Lipinski definition) is 0. The van der Waals surface area contributed by atoms with Gasteiger partial charge in [0.1, 0.15) is 0 Å². The van der Waals surface area contributed by atoms with Crippen molar-refractivity contribution < 1.29 is 4.74 Å². The summed E-state index contributed by atoms with van der Waals surface area (Å²) in [5.74, 6) is 0. The molecule has 2 saturated heterocycles. The molecular formula is C11H21NO. The summed E-state index contributed by atoms with van der Waals surface area (Å²) < 4.78 is 5.30. The van der Waals surface area contributed by atoms with Crippen molar-refractivity contribution in [2.45, 2.75) is 51.2 Å². The van der Waals surface area contributed by atoms with Gasteiger partial charge in [-0.3, -0.25) is 4.90 Å². The average molecular weight is 183 g/mol. The first-order valence-corrected chi connectivity index (χ1v) is 5.76. The molecule has 2 heteroatoms. The molecule has 2 nitrogen and oxygen atoms in total. The second-order valence-electron chi connectivity index (χ2n) is 4.36. The largest absolute Gasteiger partial charge is 0.372 e. The third-order valence-electron chi connectivity index (χ3n) is 3.31.